The maximum absolute atomic E-state index is 11.5. The van der Waals surface area contributed by atoms with Crippen LogP contribution in [0.2, 0.25) is 0 Å². The van der Waals surface area contributed by atoms with Gasteiger partial charge in [-0.2, -0.15) is 0 Å². The van der Waals surface area contributed by atoms with E-state index in [1.165, 1.54) is 30.7 Å². The van der Waals surface area contributed by atoms with Gasteiger partial charge in [0.2, 0.25) is 0 Å². The monoisotopic (exact) mass is 484 g/mol. The number of rotatable bonds is 4. The Hall–Kier alpha value is -1.92. The molecule has 4 nitrogen and oxygen atoms in total. The van der Waals surface area contributed by atoms with Crippen molar-refractivity contribution in [1.29, 1.82) is 0 Å². The van der Waals surface area contributed by atoms with Crippen LogP contribution in [-0.2, 0) is 14.6 Å². The van der Waals surface area contributed by atoms with Crippen molar-refractivity contribution in [3.8, 4) is 0 Å². The number of sulfone groups is 1. The average Bonchev–Trinajstić information content (AvgIpc) is 2.69. The molecular weight excluding hydrogens is 452 g/mol. The Morgan fingerprint density at radius 1 is 1.00 bits per heavy atom. The zero-order chi connectivity index (χ0) is 23.0. The second kappa shape index (κ2) is 15.9. The van der Waals surface area contributed by atoms with Gasteiger partial charge in [-0.05, 0) is 41.5 Å². The first kappa shape index (κ1) is 29.3. The van der Waals surface area contributed by atoms with E-state index in [0.717, 1.165) is 16.3 Å². The maximum Gasteiger partial charge on any atom is 0.336 e. The number of carboxylic acid groups (broad SMARTS) is 1. The summed E-state index contributed by atoms with van der Waals surface area (Å²) in [5.74, 6) is -1.08. The molecule has 29 heavy (non-hydrogen) atoms. The number of aliphatic carboxylic acids is 1. The van der Waals surface area contributed by atoms with Crippen LogP contribution in [0, 0.1) is 0 Å². The molecule has 162 valence electrons. The van der Waals surface area contributed by atoms with Gasteiger partial charge in [-0.15, -0.1) is 0 Å². The summed E-state index contributed by atoms with van der Waals surface area (Å²) in [5, 5.41) is 9.39. The van der Waals surface area contributed by atoms with Gasteiger partial charge in [0.1, 0.15) is 0 Å². The van der Waals surface area contributed by atoms with Crippen LogP contribution in [0.1, 0.15) is 59.1 Å². The van der Waals surface area contributed by atoms with E-state index in [0.29, 0.717) is 5.56 Å². The molecule has 0 saturated heterocycles. The zero-order valence-electron chi connectivity index (χ0n) is 18.4. The van der Waals surface area contributed by atoms with E-state index in [1.54, 1.807) is 18.2 Å². The van der Waals surface area contributed by atoms with Gasteiger partial charge in [0.25, 0.3) is 0 Å². The zero-order valence-corrected chi connectivity index (χ0v) is 20.8. The summed E-state index contributed by atoms with van der Waals surface area (Å²) in [6, 6.07) is 13.0. The highest BCUT2D eigenvalue weighted by Crippen LogP contribution is 2.22. The number of benzene rings is 2. The Bertz CT molecular complexity index is 855. The summed E-state index contributed by atoms with van der Waals surface area (Å²) in [5.41, 5.74) is 1.27. The molecule has 2 rings (SSSR count). The highest BCUT2D eigenvalue weighted by atomic mass is 79.9. The topological polar surface area (TPSA) is 71.4 Å². The first-order valence-electron chi connectivity index (χ1n) is 9.70. The minimum absolute atomic E-state index is 0.0955. The van der Waals surface area contributed by atoms with Crippen LogP contribution < -0.4 is 0 Å². The molecule has 1 N–H and O–H groups in total. The highest BCUT2D eigenvalue weighted by Gasteiger charge is 2.13. The number of carbonyl (C=O) groups is 1. The Kier molecular flexibility index (Phi) is 16.1. The van der Waals surface area contributed by atoms with Crippen LogP contribution in [0.5, 0.6) is 0 Å². The lowest BCUT2D eigenvalue weighted by atomic mass is 10.0. The molecule has 0 radical (unpaired) electrons. The van der Waals surface area contributed by atoms with Crippen molar-refractivity contribution in [2.24, 2.45) is 0 Å². The molecule has 0 unspecified atom stereocenters. The molecule has 2 aromatic rings. The fraction of sp³-hybridized carbons (Fsp3) is 0.348. The summed E-state index contributed by atoms with van der Waals surface area (Å²) in [6.07, 6.45) is 3.90. The first-order chi connectivity index (χ1) is 13.7. The normalized spacial score (nSPS) is 10.3. The van der Waals surface area contributed by atoms with Crippen LogP contribution in [0.25, 0.3) is 11.6 Å². The fourth-order valence-electron chi connectivity index (χ4n) is 1.91. The smallest absolute Gasteiger partial charge is 0.336 e. The van der Waals surface area contributed by atoms with Crippen LogP contribution in [-0.4, -0.2) is 25.7 Å². The van der Waals surface area contributed by atoms with Gasteiger partial charge < -0.3 is 5.11 Å². The van der Waals surface area contributed by atoms with Crippen molar-refractivity contribution in [1.82, 2.24) is 0 Å². The van der Waals surface area contributed by atoms with Crippen molar-refractivity contribution in [2.45, 2.75) is 52.9 Å². The Balaban J connectivity index is 0. The summed E-state index contributed by atoms with van der Waals surface area (Å²) in [6.45, 7) is 12.2. The van der Waals surface area contributed by atoms with E-state index in [2.05, 4.69) is 29.8 Å². The largest absolute Gasteiger partial charge is 0.478 e. The van der Waals surface area contributed by atoms with E-state index < -0.39 is 15.8 Å². The third-order valence-corrected chi connectivity index (χ3v) is 4.61. The number of hydrogen-bond acceptors (Lipinski definition) is 3. The molecule has 0 spiro atoms. The van der Waals surface area contributed by atoms with Crippen molar-refractivity contribution in [2.75, 3.05) is 6.26 Å². The van der Waals surface area contributed by atoms with Gasteiger partial charge in [-0.25, -0.2) is 13.2 Å². The predicted octanol–water partition coefficient (Wildman–Crippen LogP) is 6.95. The molecule has 6 heteroatoms. The van der Waals surface area contributed by atoms with Crippen LogP contribution in [0.15, 0.2) is 57.9 Å². The van der Waals surface area contributed by atoms with E-state index in [-0.39, 0.29) is 10.5 Å². The standard InChI is InChI=1S/C16H13BrO4S.C3H8.2C2H6/c1-22(20,21)14-7-5-12(6-8-14)15(16(18)19)10-11-3-2-4-13(17)9-11;1-3-2;2*1-2/h2-10H,1H3,(H,18,19);3H2,1-2H3;2*1-2H3/b15-10+;;;. The number of halogens is 1. The molecule has 0 heterocycles. The SMILES string of the molecule is CC.CC.CCC.CS(=O)(=O)c1ccc(/C(=C\c2cccc(Br)c2)C(=O)O)cc1. The van der Waals surface area contributed by atoms with Gasteiger partial charge in [-0.1, -0.05) is 88.2 Å². The molecule has 0 aliphatic carbocycles. The quantitative estimate of drug-likeness (QED) is 0.376. The molecule has 0 saturated carbocycles. The van der Waals surface area contributed by atoms with Gasteiger partial charge in [0, 0.05) is 10.7 Å². The maximum atomic E-state index is 11.5. The summed E-state index contributed by atoms with van der Waals surface area (Å²) >= 11 is 3.33. The summed E-state index contributed by atoms with van der Waals surface area (Å²) in [4.78, 5) is 11.6. The van der Waals surface area contributed by atoms with E-state index >= 15 is 0 Å². The van der Waals surface area contributed by atoms with E-state index in [4.69, 9.17) is 0 Å². The number of hydrogen-bond donors (Lipinski definition) is 1. The molecular formula is C23H33BrO4S. The third-order valence-electron chi connectivity index (χ3n) is 2.98. The summed E-state index contributed by atoms with van der Waals surface area (Å²) in [7, 11) is -3.30. The van der Waals surface area contributed by atoms with Gasteiger partial charge in [0.15, 0.2) is 9.84 Å². The lowest BCUT2D eigenvalue weighted by molar-refractivity contribution is -0.130. The average molecular weight is 485 g/mol. The lowest BCUT2D eigenvalue weighted by Gasteiger charge is -2.05. The van der Waals surface area contributed by atoms with Crippen molar-refractivity contribution in [3.63, 3.8) is 0 Å². The second-order valence-electron chi connectivity index (χ2n) is 5.42. The first-order valence-corrected chi connectivity index (χ1v) is 12.4. The molecule has 0 aliphatic rings. The van der Waals surface area contributed by atoms with Gasteiger partial charge >= 0.3 is 5.97 Å². The van der Waals surface area contributed by atoms with E-state index in [1.807, 2.05) is 39.8 Å². The highest BCUT2D eigenvalue weighted by molar-refractivity contribution is 9.10. The minimum Gasteiger partial charge on any atom is -0.478 e. The van der Waals surface area contributed by atoms with Crippen molar-refractivity contribution in [3.05, 3.63) is 64.1 Å². The van der Waals surface area contributed by atoms with Crippen LogP contribution >= 0.6 is 15.9 Å². The molecule has 0 amide bonds. The molecule has 0 bridgehead atoms. The molecule has 0 fully saturated rings. The van der Waals surface area contributed by atoms with Gasteiger partial charge in [-0.3, -0.25) is 0 Å². The molecule has 0 aliphatic heterocycles. The Labute approximate surface area is 184 Å². The van der Waals surface area contributed by atoms with Crippen molar-refractivity contribution < 1.29 is 18.3 Å². The number of carboxylic acids is 1. The predicted molar refractivity (Wildman–Crippen MR) is 128 cm³/mol. The van der Waals surface area contributed by atoms with Gasteiger partial charge in [0.05, 0.1) is 10.5 Å². The molecule has 0 aromatic heterocycles. The van der Waals surface area contributed by atoms with E-state index in [9.17, 15) is 18.3 Å². The minimum atomic E-state index is -3.30. The Morgan fingerprint density at radius 2 is 1.48 bits per heavy atom. The Morgan fingerprint density at radius 3 is 1.86 bits per heavy atom. The summed E-state index contributed by atoms with van der Waals surface area (Å²) < 4.78 is 23.7. The lowest BCUT2D eigenvalue weighted by Crippen LogP contribution is -2.01. The molecule has 0 atom stereocenters. The second-order valence-corrected chi connectivity index (χ2v) is 8.35. The third kappa shape index (κ3) is 11.6. The van der Waals surface area contributed by atoms with Crippen molar-refractivity contribution >= 4 is 43.4 Å². The van der Waals surface area contributed by atoms with Crippen LogP contribution in [0.4, 0.5) is 0 Å². The fourth-order valence-corrected chi connectivity index (χ4v) is 2.96. The van der Waals surface area contributed by atoms with Crippen LogP contribution in [0.3, 0.4) is 0 Å². The molecule has 2 aromatic carbocycles.